The Bertz CT molecular complexity index is 996. The van der Waals surface area contributed by atoms with Gasteiger partial charge < -0.3 is 20.4 Å². The Balaban J connectivity index is 1.90. The zero-order valence-corrected chi connectivity index (χ0v) is 16.0. The van der Waals surface area contributed by atoms with E-state index in [1.54, 1.807) is 12.1 Å². The van der Waals surface area contributed by atoms with Gasteiger partial charge in [-0.3, -0.25) is 14.3 Å². The predicted molar refractivity (Wildman–Crippen MR) is 104 cm³/mol. The number of ether oxygens (including phenoxy) is 1. The molecule has 0 saturated carbocycles. The summed E-state index contributed by atoms with van der Waals surface area (Å²) in [6.07, 6.45) is 2.14. The van der Waals surface area contributed by atoms with Crippen LogP contribution in [0.5, 0.6) is 17.4 Å². The number of aromatic amines is 1. The average Bonchev–Trinajstić information content (AvgIpc) is 3.11. The van der Waals surface area contributed by atoms with Crippen LogP contribution in [0.3, 0.4) is 0 Å². The van der Waals surface area contributed by atoms with Crippen LogP contribution in [0.15, 0.2) is 28.1 Å². The fourth-order valence-electron chi connectivity index (χ4n) is 3.06. The Labute approximate surface area is 161 Å². The molecule has 9 heteroatoms. The van der Waals surface area contributed by atoms with Crippen LogP contribution in [0.25, 0.3) is 0 Å². The third-order valence-electron chi connectivity index (χ3n) is 4.55. The van der Waals surface area contributed by atoms with Gasteiger partial charge in [-0.05, 0) is 36.3 Å². The van der Waals surface area contributed by atoms with Crippen molar-refractivity contribution in [1.82, 2.24) is 15.0 Å². The van der Waals surface area contributed by atoms with Gasteiger partial charge in [0.2, 0.25) is 5.88 Å². The van der Waals surface area contributed by atoms with Gasteiger partial charge in [-0.2, -0.15) is 5.10 Å². The number of aromatic hydroxyl groups is 2. The Morgan fingerprint density at radius 1 is 1.41 bits per heavy atom. The van der Waals surface area contributed by atoms with Crippen LogP contribution in [0.1, 0.15) is 43.4 Å². The largest absolute Gasteiger partial charge is 0.504 e. The summed E-state index contributed by atoms with van der Waals surface area (Å²) in [5.74, 6) is 0.236. The molecule has 2 aromatic rings. The van der Waals surface area contributed by atoms with Crippen molar-refractivity contribution in [3.05, 3.63) is 44.5 Å². The standard InChI is InChI=1S/C18H22N4O4S/c1-3-4-7-22-17(25)15(16(24)19-18(22)27)12-9-11(20-21-12)10-5-6-14(26-2)13(23)8-10/h5-6,8,11,20,23,25H,3-4,7,9H2,1-2H3,(H,19,24,27)/t11-/m0/s1. The Morgan fingerprint density at radius 2 is 2.19 bits per heavy atom. The second kappa shape index (κ2) is 7.83. The molecule has 0 spiro atoms. The number of hydrazone groups is 1. The maximum atomic E-state index is 12.4. The molecule has 3 rings (SSSR count). The molecule has 0 aliphatic carbocycles. The highest BCUT2D eigenvalue weighted by atomic mass is 32.1. The van der Waals surface area contributed by atoms with Crippen molar-refractivity contribution in [3.63, 3.8) is 0 Å². The van der Waals surface area contributed by atoms with Crippen molar-refractivity contribution in [2.75, 3.05) is 7.11 Å². The van der Waals surface area contributed by atoms with Crippen molar-refractivity contribution < 1.29 is 14.9 Å². The predicted octanol–water partition coefficient (Wildman–Crippen LogP) is 2.56. The third kappa shape index (κ3) is 3.68. The number of rotatable bonds is 6. The summed E-state index contributed by atoms with van der Waals surface area (Å²) in [6, 6.07) is 4.83. The van der Waals surface area contributed by atoms with Crippen LogP contribution in [0, 0.1) is 4.77 Å². The van der Waals surface area contributed by atoms with Gasteiger partial charge in [-0.1, -0.05) is 19.4 Å². The summed E-state index contributed by atoms with van der Waals surface area (Å²) >= 11 is 5.16. The van der Waals surface area contributed by atoms with E-state index in [1.165, 1.54) is 11.7 Å². The van der Waals surface area contributed by atoms with Crippen LogP contribution >= 0.6 is 12.2 Å². The summed E-state index contributed by atoms with van der Waals surface area (Å²) in [5, 5.41) is 24.8. The highest BCUT2D eigenvalue weighted by Gasteiger charge is 2.27. The van der Waals surface area contributed by atoms with Gasteiger partial charge >= 0.3 is 0 Å². The first-order chi connectivity index (χ1) is 13.0. The van der Waals surface area contributed by atoms with E-state index in [0.29, 0.717) is 24.4 Å². The molecule has 0 unspecified atom stereocenters. The molecule has 2 heterocycles. The molecule has 0 radical (unpaired) electrons. The molecule has 0 bridgehead atoms. The number of phenolic OH excluding ortho intramolecular Hbond substituents is 1. The van der Waals surface area contributed by atoms with Crippen LogP contribution in [0.4, 0.5) is 0 Å². The number of nitrogens with one attached hydrogen (secondary N) is 2. The summed E-state index contributed by atoms with van der Waals surface area (Å²) in [6.45, 7) is 2.55. The van der Waals surface area contributed by atoms with Crippen molar-refractivity contribution in [1.29, 1.82) is 0 Å². The summed E-state index contributed by atoms with van der Waals surface area (Å²) < 4.78 is 6.76. The highest BCUT2D eigenvalue weighted by molar-refractivity contribution is 7.71. The second-order valence-corrected chi connectivity index (χ2v) is 6.73. The van der Waals surface area contributed by atoms with Gasteiger partial charge in [0.1, 0.15) is 5.56 Å². The minimum Gasteiger partial charge on any atom is -0.504 e. The molecule has 144 valence electrons. The Morgan fingerprint density at radius 3 is 2.85 bits per heavy atom. The smallest absolute Gasteiger partial charge is 0.264 e. The molecule has 1 aliphatic heterocycles. The van der Waals surface area contributed by atoms with E-state index in [2.05, 4.69) is 15.5 Å². The molecular weight excluding hydrogens is 368 g/mol. The van der Waals surface area contributed by atoms with Crippen molar-refractivity contribution in [2.45, 2.75) is 38.8 Å². The lowest BCUT2D eigenvalue weighted by molar-refractivity contribution is 0.372. The van der Waals surface area contributed by atoms with Crippen LogP contribution < -0.4 is 15.7 Å². The molecule has 27 heavy (non-hydrogen) atoms. The van der Waals surface area contributed by atoms with E-state index in [1.807, 2.05) is 13.0 Å². The van der Waals surface area contributed by atoms with E-state index in [0.717, 1.165) is 18.4 Å². The van der Waals surface area contributed by atoms with Crippen LogP contribution in [-0.4, -0.2) is 32.6 Å². The third-order valence-corrected chi connectivity index (χ3v) is 4.88. The molecule has 0 saturated heterocycles. The number of hydrogen-bond acceptors (Lipinski definition) is 7. The summed E-state index contributed by atoms with van der Waals surface area (Å²) in [7, 11) is 1.48. The molecule has 0 amide bonds. The Hall–Kier alpha value is -2.81. The van der Waals surface area contributed by atoms with E-state index >= 15 is 0 Å². The first-order valence-corrected chi connectivity index (χ1v) is 9.12. The maximum Gasteiger partial charge on any atom is 0.264 e. The topological polar surface area (TPSA) is 112 Å². The number of methoxy groups -OCH3 is 1. The van der Waals surface area contributed by atoms with Gasteiger partial charge in [0.15, 0.2) is 16.3 Å². The minimum atomic E-state index is -0.468. The van der Waals surface area contributed by atoms with Gasteiger partial charge in [0.25, 0.3) is 5.56 Å². The molecule has 1 aromatic heterocycles. The van der Waals surface area contributed by atoms with Gasteiger partial charge in [-0.15, -0.1) is 0 Å². The molecule has 4 N–H and O–H groups in total. The summed E-state index contributed by atoms with van der Waals surface area (Å²) in [5.41, 5.74) is 3.84. The number of hydrogen-bond donors (Lipinski definition) is 4. The van der Waals surface area contributed by atoms with E-state index in [9.17, 15) is 15.0 Å². The fourth-order valence-corrected chi connectivity index (χ4v) is 3.33. The highest BCUT2D eigenvalue weighted by Crippen LogP contribution is 2.32. The normalized spacial score (nSPS) is 16.1. The lowest BCUT2D eigenvalue weighted by Gasteiger charge is -2.13. The fraction of sp³-hybridized carbons (Fsp3) is 0.389. The van der Waals surface area contributed by atoms with Crippen LogP contribution in [-0.2, 0) is 6.54 Å². The van der Waals surface area contributed by atoms with Gasteiger partial charge in [0.05, 0.1) is 18.9 Å². The van der Waals surface area contributed by atoms with Gasteiger partial charge in [0, 0.05) is 13.0 Å². The number of H-pyrrole nitrogens is 1. The quantitative estimate of drug-likeness (QED) is 0.564. The minimum absolute atomic E-state index is 0.0267. The number of unbranched alkanes of at least 4 members (excludes halogenated alkanes) is 1. The van der Waals surface area contributed by atoms with Crippen molar-refractivity contribution in [3.8, 4) is 17.4 Å². The second-order valence-electron chi connectivity index (χ2n) is 6.34. The molecule has 1 aromatic carbocycles. The van der Waals surface area contributed by atoms with Gasteiger partial charge in [-0.25, -0.2) is 0 Å². The number of benzene rings is 1. The Kier molecular flexibility index (Phi) is 5.50. The molecule has 0 fully saturated rings. The molecule has 8 nitrogen and oxygen atoms in total. The zero-order valence-electron chi connectivity index (χ0n) is 15.2. The molecule has 1 aliphatic rings. The molecular formula is C18H22N4O4S. The monoisotopic (exact) mass is 390 g/mol. The lowest BCUT2D eigenvalue weighted by atomic mass is 9.99. The first-order valence-electron chi connectivity index (χ1n) is 8.71. The van der Waals surface area contributed by atoms with E-state index in [4.69, 9.17) is 17.0 Å². The number of phenols is 1. The van der Waals surface area contributed by atoms with Crippen molar-refractivity contribution in [2.24, 2.45) is 5.10 Å². The lowest BCUT2D eigenvalue weighted by Crippen LogP contribution is -2.22. The zero-order chi connectivity index (χ0) is 19.6. The average molecular weight is 390 g/mol. The molecule has 1 atom stereocenters. The first kappa shape index (κ1) is 19.0. The number of aromatic nitrogens is 2. The van der Waals surface area contributed by atoms with E-state index in [-0.39, 0.29) is 28.0 Å². The SMILES string of the molecule is CCCCn1c(O)c(C2=NN[C@H](c3ccc(OC)c(O)c3)C2)c(=O)[nH]c1=S. The van der Waals surface area contributed by atoms with E-state index < -0.39 is 5.56 Å². The maximum absolute atomic E-state index is 12.4. The summed E-state index contributed by atoms with van der Waals surface area (Å²) in [4.78, 5) is 15.0. The van der Waals surface area contributed by atoms with Crippen molar-refractivity contribution >= 4 is 17.9 Å². The number of nitrogens with zero attached hydrogens (tertiary/aromatic N) is 2. The van der Waals surface area contributed by atoms with Crippen LogP contribution in [0.2, 0.25) is 0 Å².